The maximum atomic E-state index is 13.2. The van der Waals surface area contributed by atoms with E-state index in [4.69, 9.17) is 20.4 Å². The lowest BCUT2D eigenvalue weighted by molar-refractivity contribution is -0.122. The van der Waals surface area contributed by atoms with Crippen molar-refractivity contribution in [3.63, 3.8) is 0 Å². The summed E-state index contributed by atoms with van der Waals surface area (Å²) in [6.45, 7) is 0.396. The van der Waals surface area contributed by atoms with Crippen LogP contribution in [-0.4, -0.2) is 31.2 Å². The van der Waals surface area contributed by atoms with E-state index in [1.54, 1.807) is 50.6 Å². The fraction of sp³-hybridized carbons (Fsp3) is 0.167. The van der Waals surface area contributed by atoms with Crippen molar-refractivity contribution in [3.8, 4) is 11.5 Å². The third-order valence-electron chi connectivity index (χ3n) is 4.91. The third-order valence-corrected chi connectivity index (χ3v) is 4.91. The molecule has 3 rings (SSSR count). The molecule has 1 atom stereocenters. The number of methoxy groups -OCH3 is 2. The van der Waals surface area contributed by atoms with Crippen LogP contribution in [0.5, 0.6) is 11.5 Å². The first-order chi connectivity index (χ1) is 15.5. The second-order valence-electron chi connectivity index (χ2n) is 6.96. The molecule has 3 aromatic carbocycles. The monoisotopic (exact) mass is 434 g/mol. The van der Waals surface area contributed by atoms with Gasteiger partial charge in [0.2, 0.25) is 5.91 Å². The smallest absolute Gasteiger partial charge is 0.247 e. The highest BCUT2D eigenvalue weighted by molar-refractivity contribution is 5.97. The van der Waals surface area contributed by atoms with Crippen molar-refractivity contribution >= 4 is 17.4 Å². The number of anilines is 1. The molecular weight excluding hydrogens is 408 g/mol. The largest absolute Gasteiger partial charge is 0.493 e. The van der Waals surface area contributed by atoms with Crippen LogP contribution >= 0.6 is 0 Å². The van der Waals surface area contributed by atoms with Crippen LogP contribution < -0.4 is 25.8 Å². The molecule has 8 nitrogen and oxygen atoms in total. The molecule has 0 fully saturated rings. The van der Waals surface area contributed by atoms with E-state index >= 15 is 0 Å². The fourth-order valence-corrected chi connectivity index (χ4v) is 3.18. The lowest BCUT2D eigenvalue weighted by Crippen LogP contribution is -2.33. The number of amides is 1. The van der Waals surface area contributed by atoms with E-state index < -0.39 is 6.04 Å². The van der Waals surface area contributed by atoms with Gasteiger partial charge in [0.15, 0.2) is 17.3 Å². The summed E-state index contributed by atoms with van der Waals surface area (Å²) < 4.78 is 10.7. The highest BCUT2D eigenvalue weighted by atomic mass is 16.5. The minimum absolute atomic E-state index is 0.00796. The lowest BCUT2D eigenvalue weighted by atomic mass is 10.0. The molecule has 0 aliphatic carbocycles. The van der Waals surface area contributed by atoms with Crippen LogP contribution in [0, 0.1) is 0 Å². The van der Waals surface area contributed by atoms with Crippen LogP contribution in [0.1, 0.15) is 22.7 Å². The summed E-state index contributed by atoms with van der Waals surface area (Å²) in [5, 5.41) is 18.1. The van der Waals surface area contributed by atoms with Crippen LogP contribution in [0.2, 0.25) is 0 Å². The number of amidine groups is 1. The van der Waals surface area contributed by atoms with Gasteiger partial charge in [-0.05, 0) is 47.5 Å². The Morgan fingerprint density at radius 1 is 1.00 bits per heavy atom. The summed E-state index contributed by atoms with van der Waals surface area (Å²) in [4.78, 5) is 13.2. The van der Waals surface area contributed by atoms with Crippen LogP contribution in [0.15, 0.2) is 78.0 Å². The predicted molar refractivity (Wildman–Crippen MR) is 123 cm³/mol. The number of carbonyl (C=O) groups excluding carboxylic acids is 1. The molecule has 0 heterocycles. The van der Waals surface area contributed by atoms with Crippen molar-refractivity contribution in [1.82, 2.24) is 5.32 Å². The second kappa shape index (κ2) is 10.7. The standard InChI is InChI=1S/C24H26N4O4/c1-31-20-13-10-18(14-21(20)32-2)22(24(29)26-15-16-6-4-3-5-7-16)27-19-11-8-17(9-12-19)23(25)28-30/h3-14,22,27,30H,15H2,1-2H3,(H2,25,28)(H,26,29). The molecule has 0 radical (unpaired) electrons. The molecule has 0 aromatic heterocycles. The number of oxime groups is 1. The van der Waals surface area contributed by atoms with E-state index in [2.05, 4.69) is 15.8 Å². The predicted octanol–water partition coefficient (Wildman–Crippen LogP) is 3.27. The zero-order valence-corrected chi connectivity index (χ0v) is 17.9. The van der Waals surface area contributed by atoms with Gasteiger partial charge >= 0.3 is 0 Å². The summed E-state index contributed by atoms with van der Waals surface area (Å²) in [5.74, 6) is 0.896. The Morgan fingerprint density at radius 2 is 1.69 bits per heavy atom. The Labute approximate surface area is 186 Å². The molecule has 1 amide bonds. The van der Waals surface area contributed by atoms with Crippen molar-refractivity contribution in [2.75, 3.05) is 19.5 Å². The number of nitrogens with one attached hydrogen (secondary N) is 2. The van der Waals surface area contributed by atoms with Crippen LogP contribution in [-0.2, 0) is 11.3 Å². The lowest BCUT2D eigenvalue weighted by Gasteiger charge is -2.21. The molecule has 166 valence electrons. The number of rotatable bonds is 9. The van der Waals surface area contributed by atoms with Crippen molar-refractivity contribution in [2.45, 2.75) is 12.6 Å². The molecule has 0 saturated heterocycles. The number of hydrogen-bond acceptors (Lipinski definition) is 6. The van der Waals surface area contributed by atoms with Gasteiger partial charge in [-0.15, -0.1) is 0 Å². The zero-order valence-electron chi connectivity index (χ0n) is 17.9. The summed E-state index contributed by atoms with van der Waals surface area (Å²) in [6, 6.07) is 21.2. The average Bonchev–Trinajstić information content (AvgIpc) is 2.85. The molecule has 0 aliphatic heterocycles. The number of hydrogen-bond donors (Lipinski definition) is 4. The van der Waals surface area contributed by atoms with Gasteiger partial charge in [0.05, 0.1) is 14.2 Å². The molecule has 5 N–H and O–H groups in total. The zero-order chi connectivity index (χ0) is 22.9. The van der Waals surface area contributed by atoms with Gasteiger partial charge in [0.1, 0.15) is 6.04 Å². The number of nitrogens with zero attached hydrogens (tertiary/aromatic N) is 1. The Balaban J connectivity index is 1.87. The van der Waals surface area contributed by atoms with E-state index in [0.29, 0.717) is 34.9 Å². The van der Waals surface area contributed by atoms with E-state index in [9.17, 15) is 4.79 Å². The number of benzene rings is 3. The molecule has 8 heteroatoms. The molecule has 0 aliphatic rings. The Hall–Kier alpha value is -4.20. The second-order valence-corrected chi connectivity index (χ2v) is 6.96. The minimum atomic E-state index is -0.701. The Bertz CT molecular complexity index is 1070. The van der Waals surface area contributed by atoms with Crippen molar-refractivity contribution in [2.24, 2.45) is 10.9 Å². The SMILES string of the molecule is COc1ccc(C(Nc2ccc(/C(N)=N/O)cc2)C(=O)NCc2ccccc2)cc1OC. The third kappa shape index (κ3) is 5.48. The highest BCUT2D eigenvalue weighted by Gasteiger charge is 2.22. The molecule has 0 bridgehead atoms. The summed E-state index contributed by atoms with van der Waals surface area (Å²) >= 11 is 0. The summed E-state index contributed by atoms with van der Waals surface area (Å²) in [5.41, 5.74) is 8.58. The van der Waals surface area contributed by atoms with Crippen LogP contribution in [0.4, 0.5) is 5.69 Å². The van der Waals surface area contributed by atoms with Crippen LogP contribution in [0.25, 0.3) is 0 Å². The number of carbonyl (C=O) groups is 1. The quantitative estimate of drug-likeness (QED) is 0.178. The maximum Gasteiger partial charge on any atom is 0.247 e. The normalized spacial score (nSPS) is 12.0. The van der Waals surface area contributed by atoms with Crippen molar-refractivity contribution in [3.05, 3.63) is 89.5 Å². The van der Waals surface area contributed by atoms with Gasteiger partial charge in [-0.2, -0.15) is 0 Å². The van der Waals surface area contributed by atoms with Gasteiger partial charge in [0.25, 0.3) is 0 Å². The maximum absolute atomic E-state index is 13.2. The van der Waals surface area contributed by atoms with Gasteiger partial charge in [-0.1, -0.05) is 41.6 Å². The first-order valence-corrected chi connectivity index (χ1v) is 9.93. The van der Waals surface area contributed by atoms with Crippen LogP contribution in [0.3, 0.4) is 0 Å². The summed E-state index contributed by atoms with van der Waals surface area (Å²) in [6.07, 6.45) is 0. The molecule has 32 heavy (non-hydrogen) atoms. The minimum Gasteiger partial charge on any atom is -0.493 e. The molecule has 3 aromatic rings. The molecule has 0 spiro atoms. The van der Waals surface area contributed by atoms with E-state index in [-0.39, 0.29) is 11.7 Å². The first kappa shape index (κ1) is 22.5. The average molecular weight is 434 g/mol. The van der Waals surface area contributed by atoms with Crippen molar-refractivity contribution in [1.29, 1.82) is 0 Å². The molecular formula is C24H26N4O4. The molecule has 0 saturated carbocycles. The van der Waals surface area contributed by atoms with Gasteiger partial charge in [0, 0.05) is 17.8 Å². The fourth-order valence-electron chi connectivity index (χ4n) is 3.18. The first-order valence-electron chi connectivity index (χ1n) is 9.93. The van der Waals surface area contributed by atoms with E-state index in [1.807, 2.05) is 36.4 Å². The van der Waals surface area contributed by atoms with Gasteiger partial charge in [-0.3, -0.25) is 4.79 Å². The summed E-state index contributed by atoms with van der Waals surface area (Å²) in [7, 11) is 3.11. The Kier molecular flexibility index (Phi) is 7.53. The molecule has 1 unspecified atom stereocenters. The van der Waals surface area contributed by atoms with E-state index in [1.165, 1.54) is 0 Å². The van der Waals surface area contributed by atoms with Gasteiger partial charge < -0.3 is 31.0 Å². The van der Waals surface area contributed by atoms with Gasteiger partial charge in [-0.25, -0.2) is 0 Å². The van der Waals surface area contributed by atoms with Crippen molar-refractivity contribution < 1.29 is 19.5 Å². The highest BCUT2D eigenvalue weighted by Crippen LogP contribution is 2.31. The van der Waals surface area contributed by atoms with E-state index in [0.717, 1.165) is 5.56 Å². The number of ether oxygens (including phenoxy) is 2. The number of nitrogens with two attached hydrogens (primary N) is 1. The Morgan fingerprint density at radius 3 is 2.31 bits per heavy atom. The topological polar surface area (TPSA) is 118 Å².